The molecular formula is C51H97NO8. The molecule has 0 aliphatic rings. The number of aliphatic carboxylic acids is 1. The molecule has 0 aromatic heterocycles. The summed E-state index contributed by atoms with van der Waals surface area (Å²) in [6.45, 7) is 4.77. The zero-order valence-electron chi connectivity index (χ0n) is 40.1. The maximum atomic E-state index is 12.8. The number of carboxylic acids is 1. The third kappa shape index (κ3) is 44.1. The normalized spacial score (nSPS) is 12.9. The van der Waals surface area contributed by atoms with Gasteiger partial charge in [-0.1, -0.05) is 199 Å². The summed E-state index contributed by atoms with van der Waals surface area (Å²) in [4.78, 5) is 37.1. The number of allylic oxidation sites excluding steroid dienone is 2. The molecule has 0 aliphatic heterocycles. The second-order valence-electron chi connectivity index (χ2n) is 18.5. The van der Waals surface area contributed by atoms with Crippen LogP contribution >= 0.6 is 0 Å². The number of hydrogen-bond donors (Lipinski definition) is 0. The molecule has 60 heavy (non-hydrogen) atoms. The molecule has 0 rings (SSSR count). The quantitative estimate of drug-likeness (QED) is 0.0196. The van der Waals surface area contributed by atoms with Crippen LogP contribution in [-0.2, 0) is 33.3 Å². The topological polar surface area (TPSA) is 111 Å². The van der Waals surface area contributed by atoms with Gasteiger partial charge in [-0.3, -0.25) is 9.59 Å². The molecule has 9 nitrogen and oxygen atoms in total. The number of rotatable bonds is 47. The lowest BCUT2D eigenvalue weighted by Crippen LogP contribution is -2.44. The maximum absolute atomic E-state index is 12.8. The first kappa shape index (κ1) is 58.0. The van der Waals surface area contributed by atoms with Crippen LogP contribution in [0.25, 0.3) is 0 Å². The van der Waals surface area contributed by atoms with Crippen LogP contribution in [-0.4, -0.2) is 82.3 Å². The molecule has 0 spiro atoms. The third-order valence-corrected chi connectivity index (χ3v) is 11.3. The molecule has 0 aromatic carbocycles. The van der Waals surface area contributed by atoms with Gasteiger partial charge in [-0.25, -0.2) is 0 Å². The standard InChI is InChI=1S/C51H97NO8/c1-6-8-10-12-14-16-18-20-22-24-26-28-30-32-34-36-38-40-42-49(54)60-47(46-59-51(50(55)56)57-44-43-52(3,4)5)45-58-48(53)41-39-37-35-33-31-29-27-25-23-21-19-17-15-13-11-9-7-2/h22,24,47,51H,6-21,23,25-46H2,1-5H3/b24-22-. The Labute approximate surface area is 370 Å². The van der Waals surface area contributed by atoms with E-state index in [4.69, 9.17) is 18.9 Å². The first-order chi connectivity index (χ1) is 29.1. The van der Waals surface area contributed by atoms with Crippen LogP contribution in [0.1, 0.15) is 239 Å². The molecule has 0 N–H and O–H groups in total. The lowest BCUT2D eigenvalue weighted by molar-refractivity contribution is -0.870. The van der Waals surface area contributed by atoms with E-state index in [0.29, 0.717) is 23.9 Å². The minimum Gasteiger partial charge on any atom is -0.545 e. The van der Waals surface area contributed by atoms with Crippen LogP contribution in [0.3, 0.4) is 0 Å². The van der Waals surface area contributed by atoms with Gasteiger partial charge in [0.1, 0.15) is 13.2 Å². The van der Waals surface area contributed by atoms with Crippen LogP contribution in [0.15, 0.2) is 12.2 Å². The molecular weight excluding hydrogens is 755 g/mol. The lowest BCUT2D eigenvalue weighted by Gasteiger charge is -2.26. The lowest BCUT2D eigenvalue weighted by atomic mass is 10.0. The van der Waals surface area contributed by atoms with E-state index in [2.05, 4.69) is 26.0 Å². The maximum Gasteiger partial charge on any atom is 0.306 e. The van der Waals surface area contributed by atoms with Gasteiger partial charge in [0.05, 0.1) is 40.3 Å². The third-order valence-electron chi connectivity index (χ3n) is 11.3. The van der Waals surface area contributed by atoms with Crippen molar-refractivity contribution in [2.75, 3.05) is 47.5 Å². The van der Waals surface area contributed by atoms with E-state index in [-0.39, 0.29) is 32.2 Å². The predicted molar refractivity (Wildman–Crippen MR) is 247 cm³/mol. The van der Waals surface area contributed by atoms with Gasteiger partial charge in [-0.2, -0.15) is 0 Å². The summed E-state index contributed by atoms with van der Waals surface area (Å²) in [6.07, 6.45) is 43.8. The van der Waals surface area contributed by atoms with E-state index >= 15 is 0 Å². The Bertz CT molecular complexity index is 996. The molecule has 0 amide bonds. The number of ether oxygens (including phenoxy) is 4. The van der Waals surface area contributed by atoms with Crippen molar-refractivity contribution < 1.29 is 42.9 Å². The fraction of sp³-hybridized carbons (Fsp3) is 0.902. The zero-order valence-corrected chi connectivity index (χ0v) is 40.1. The Hall–Kier alpha value is -1.97. The Kier molecular flexibility index (Phi) is 42.2. The van der Waals surface area contributed by atoms with Crippen LogP contribution < -0.4 is 5.11 Å². The molecule has 0 saturated carbocycles. The second-order valence-corrected chi connectivity index (χ2v) is 18.5. The fourth-order valence-corrected chi connectivity index (χ4v) is 7.30. The minimum atomic E-state index is -1.62. The summed E-state index contributed by atoms with van der Waals surface area (Å²) in [5.74, 6) is -2.27. The highest BCUT2D eigenvalue weighted by Gasteiger charge is 2.22. The van der Waals surface area contributed by atoms with Crippen molar-refractivity contribution in [1.82, 2.24) is 0 Å². The van der Waals surface area contributed by atoms with Crippen LogP contribution in [0.4, 0.5) is 0 Å². The Morgan fingerprint density at radius 1 is 0.483 bits per heavy atom. The summed E-state index contributed by atoms with van der Waals surface area (Å²) in [7, 11) is 5.92. The van der Waals surface area contributed by atoms with Crippen molar-refractivity contribution in [3.63, 3.8) is 0 Å². The first-order valence-electron chi connectivity index (χ1n) is 25.3. The number of carbonyl (C=O) groups excluding carboxylic acids is 3. The Morgan fingerprint density at radius 2 is 0.850 bits per heavy atom. The fourth-order valence-electron chi connectivity index (χ4n) is 7.30. The first-order valence-corrected chi connectivity index (χ1v) is 25.3. The highest BCUT2D eigenvalue weighted by Crippen LogP contribution is 2.16. The van der Waals surface area contributed by atoms with E-state index in [1.807, 2.05) is 21.1 Å². The van der Waals surface area contributed by atoms with E-state index in [1.54, 1.807) is 0 Å². The SMILES string of the molecule is CCCCCCCCC/C=C\CCCCCCCCCC(=O)OC(COC(=O)CCCCCCCCCCCCCCCCCCC)COC(OCC[N+](C)(C)C)C(=O)[O-]. The van der Waals surface area contributed by atoms with Crippen molar-refractivity contribution in [2.24, 2.45) is 0 Å². The predicted octanol–water partition coefficient (Wildman–Crippen LogP) is 12.5. The molecule has 0 heterocycles. The van der Waals surface area contributed by atoms with Crippen LogP contribution in [0.2, 0.25) is 0 Å². The molecule has 0 aliphatic carbocycles. The molecule has 354 valence electrons. The zero-order chi connectivity index (χ0) is 44.2. The highest BCUT2D eigenvalue weighted by molar-refractivity contribution is 5.70. The summed E-state index contributed by atoms with van der Waals surface area (Å²) in [6, 6.07) is 0. The van der Waals surface area contributed by atoms with Crippen molar-refractivity contribution in [2.45, 2.75) is 251 Å². The summed E-state index contributed by atoms with van der Waals surface area (Å²) >= 11 is 0. The average Bonchev–Trinajstić information content (AvgIpc) is 3.21. The average molecular weight is 852 g/mol. The summed E-state index contributed by atoms with van der Waals surface area (Å²) in [5, 5.41) is 11.7. The van der Waals surface area contributed by atoms with Crippen molar-refractivity contribution >= 4 is 17.9 Å². The van der Waals surface area contributed by atoms with Gasteiger partial charge in [0.25, 0.3) is 0 Å². The molecule has 0 fully saturated rings. The second kappa shape index (κ2) is 43.7. The monoisotopic (exact) mass is 852 g/mol. The molecule has 0 radical (unpaired) electrons. The number of esters is 2. The number of unbranched alkanes of at least 4 members (excludes halogenated alkanes) is 30. The van der Waals surface area contributed by atoms with Crippen LogP contribution in [0.5, 0.6) is 0 Å². The van der Waals surface area contributed by atoms with Crippen molar-refractivity contribution in [3.05, 3.63) is 12.2 Å². The van der Waals surface area contributed by atoms with Gasteiger partial charge in [-0.15, -0.1) is 0 Å². The molecule has 9 heteroatoms. The van der Waals surface area contributed by atoms with Gasteiger partial charge in [0, 0.05) is 12.8 Å². The van der Waals surface area contributed by atoms with Crippen molar-refractivity contribution in [1.29, 1.82) is 0 Å². The summed E-state index contributed by atoms with van der Waals surface area (Å²) in [5.41, 5.74) is 0. The summed E-state index contributed by atoms with van der Waals surface area (Å²) < 4.78 is 22.6. The Morgan fingerprint density at radius 3 is 1.23 bits per heavy atom. The number of quaternary nitrogens is 1. The van der Waals surface area contributed by atoms with Gasteiger partial charge >= 0.3 is 11.9 Å². The number of hydrogen-bond acceptors (Lipinski definition) is 8. The van der Waals surface area contributed by atoms with Crippen molar-refractivity contribution in [3.8, 4) is 0 Å². The van der Waals surface area contributed by atoms with E-state index in [9.17, 15) is 19.5 Å². The van der Waals surface area contributed by atoms with E-state index in [0.717, 1.165) is 44.9 Å². The van der Waals surface area contributed by atoms with Gasteiger partial charge < -0.3 is 33.3 Å². The molecule has 0 saturated heterocycles. The molecule has 0 aromatic rings. The largest absolute Gasteiger partial charge is 0.545 e. The van der Waals surface area contributed by atoms with Gasteiger partial charge in [-0.05, 0) is 38.5 Å². The number of carboxylic acid groups (broad SMARTS) is 1. The van der Waals surface area contributed by atoms with Gasteiger partial charge in [0.15, 0.2) is 12.4 Å². The number of nitrogens with zero attached hydrogens (tertiary/aromatic N) is 1. The molecule has 2 atom stereocenters. The molecule has 0 bridgehead atoms. The molecule has 2 unspecified atom stereocenters. The smallest absolute Gasteiger partial charge is 0.306 e. The van der Waals surface area contributed by atoms with E-state index in [1.165, 1.54) is 161 Å². The minimum absolute atomic E-state index is 0.150. The Balaban J connectivity index is 4.33. The van der Waals surface area contributed by atoms with E-state index < -0.39 is 24.3 Å². The van der Waals surface area contributed by atoms with Gasteiger partial charge in [0.2, 0.25) is 0 Å². The number of carbonyl (C=O) groups is 3. The van der Waals surface area contributed by atoms with Crippen LogP contribution in [0, 0.1) is 0 Å². The highest BCUT2D eigenvalue weighted by atomic mass is 16.7. The number of likely N-dealkylation sites (N-methyl/N-ethyl adjacent to an activating group) is 1.